The van der Waals surface area contributed by atoms with Crippen molar-refractivity contribution in [2.75, 3.05) is 20.3 Å². The van der Waals surface area contributed by atoms with Crippen LogP contribution in [0.1, 0.15) is 28.9 Å². The summed E-state index contributed by atoms with van der Waals surface area (Å²) < 4.78 is 23.8. The molecule has 0 radical (unpaired) electrons. The molecule has 0 atom stereocenters. The predicted molar refractivity (Wildman–Crippen MR) is 97.8 cm³/mol. The second kappa shape index (κ2) is 9.84. The van der Waals surface area contributed by atoms with Crippen molar-refractivity contribution in [2.45, 2.75) is 19.8 Å². The van der Waals surface area contributed by atoms with Crippen LogP contribution in [0, 0.1) is 12.7 Å². The summed E-state index contributed by atoms with van der Waals surface area (Å²) in [7, 11) is 1.28. The molecule has 0 aliphatic heterocycles. The van der Waals surface area contributed by atoms with Gasteiger partial charge in [-0.15, -0.1) is 0 Å². The topological polar surface area (TPSA) is 99.5 Å². The van der Waals surface area contributed by atoms with Crippen molar-refractivity contribution in [1.82, 2.24) is 15.1 Å². The van der Waals surface area contributed by atoms with Gasteiger partial charge in [0.15, 0.2) is 6.61 Å². The van der Waals surface area contributed by atoms with Crippen molar-refractivity contribution in [3.05, 3.63) is 46.5 Å². The van der Waals surface area contributed by atoms with Gasteiger partial charge < -0.3 is 14.8 Å². The first-order chi connectivity index (χ1) is 13.3. The van der Waals surface area contributed by atoms with Crippen LogP contribution in [-0.4, -0.2) is 47.9 Å². The Morgan fingerprint density at radius 2 is 1.93 bits per heavy atom. The highest BCUT2D eigenvalue weighted by Crippen LogP contribution is 2.24. The summed E-state index contributed by atoms with van der Waals surface area (Å²) in [6, 6.07) is 5.41. The number of esters is 2. The van der Waals surface area contributed by atoms with Crippen LogP contribution in [0.2, 0.25) is 5.15 Å². The van der Waals surface area contributed by atoms with Crippen LogP contribution in [-0.2, 0) is 19.1 Å². The normalized spacial score (nSPS) is 10.4. The van der Waals surface area contributed by atoms with Crippen LogP contribution in [0.3, 0.4) is 0 Å². The van der Waals surface area contributed by atoms with Crippen LogP contribution in [0.5, 0.6) is 0 Å². The zero-order valence-electron chi connectivity index (χ0n) is 15.3. The molecule has 0 aliphatic rings. The Kier molecular flexibility index (Phi) is 7.51. The molecule has 1 heterocycles. The molecule has 1 aromatic carbocycles. The summed E-state index contributed by atoms with van der Waals surface area (Å²) in [5.74, 6) is -2.11. The van der Waals surface area contributed by atoms with E-state index < -0.39 is 24.3 Å². The van der Waals surface area contributed by atoms with Crippen molar-refractivity contribution < 1.29 is 28.2 Å². The van der Waals surface area contributed by atoms with E-state index in [4.69, 9.17) is 16.3 Å². The van der Waals surface area contributed by atoms with E-state index in [2.05, 4.69) is 15.2 Å². The third-order valence-corrected chi connectivity index (χ3v) is 4.07. The van der Waals surface area contributed by atoms with E-state index in [1.165, 1.54) is 36.1 Å². The largest absolute Gasteiger partial charge is 0.469 e. The molecule has 10 heteroatoms. The number of nitrogens with zero attached hydrogens (tertiary/aromatic N) is 2. The molecule has 0 aliphatic carbocycles. The van der Waals surface area contributed by atoms with Gasteiger partial charge in [-0.1, -0.05) is 11.6 Å². The number of hydrogen-bond acceptors (Lipinski definition) is 6. The number of benzene rings is 1. The first-order valence-corrected chi connectivity index (χ1v) is 8.73. The molecule has 1 amide bonds. The maximum Gasteiger partial charge on any atom is 0.343 e. The maximum absolute atomic E-state index is 13.1. The first kappa shape index (κ1) is 21.4. The average Bonchev–Trinajstić information content (AvgIpc) is 2.98. The van der Waals surface area contributed by atoms with Crippen LogP contribution in [0.15, 0.2) is 24.3 Å². The molecule has 1 aromatic heterocycles. The quantitative estimate of drug-likeness (QED) is 0.528. The number of ether oxygens (including phenoxy) is 2. The number of carbonyl (C=O) groups excluding carboxylic acids is 3. The summed E-state index contributed by atoms with van der Waals surface area (Å²) in [6.45, 7) is 1.30. The molecular formula is C18H19ClFN3O5. The van der Waals surface area contributed by atoms with Gasteiger partial charge in [-0.2, -0.15) is 5.10 Å². The summed E-state index contributed by atoms with van der Waals surface area (Å²) in [6.07, 6.45) is 0.579. The number of halogens is 2. The van der Waals surface area contributed by atoms with Gasteiger partial charge in [0, 0.05) is 13.0 Å². The Morgan fingerprint density at radius 1 is 1.25 bits per heavy atom. The van der Waals surface area contributed by atoms with Gasteiger partial charge in [-0.25, -0.2) is 13.9 Å². The molecule has 0 spiro atoms. The lowest BCUT2D eigenvalue weighted by Crippen LogP contribution is -2.30. The van der Waals surface area contributed by atoms with E-state index in [0.29, 0.717) is 17.8 Å². The fraction of sp³-hybridized carbons (Fsp3) is 0.333. The average molecular weight is 412 g/mol. The summed E-state index contributed by atoms with van der Waals surface area (Å²) in [5, 5.41) is 6.68. The minimum atomic E-state index is -0.805. The third kappa shape index (κ3) is 5.53. The molecule has 2 rings (SSSR count). The number of aromatic nitrogens is 2. The second-order valence-electron chi connectivity index (χ2n) is 5.75. The highest BCUT2D eigenvalue weighted by atomic mass is 35.5. The van der Waals surface area contributed by atoms with Crippen molar-refractivity contribution in [3.63, 3.8) is 0 Å². The van der Waals surface area contributed by atoms with Crippen molar-refractivity contribution in [1.29, 1.82) is 0 Å². The number of amides is 1. The smallest absolute Gasteiger partial charge is 0.343 e. The van der Waals surface area contributed by atoms with E-state index in [9.17, 15) is 18.8 Å². The molecule has 0 fully saturated rings. The van der Waals surface area contributed by atoms with Crippen molar-refractivity contribution in [2.24, 2.45) is 0 Å². The number of carbonyl (C=O) groups is 3. The summed E-state index contributed by atoms with van der Waals surface area (Å²) in [4.78, 5) is 35.0. The molecule has 8 nitrogen and oxygen atoms in total. The minimum absolute atomic E-state index is 0.00686. The maximum atomic E-state index is 13.1. The Labute approximate surface area is 165 Å². The minimum Gasteiger partial charge on any atom is -0.469 e. The van der Waals surface area contributed by atoms with Gasteiger partial charge in [-0.05, 0) is 37.6 Å². The molecule has 2 aromatic rings. The fourth-order valence-electron chi connectivity index (χ4n) is 2.30. The third-order valence-electron chi connectivity index (χ3n) is 3.72. The fourth-order valence-corrected chi connectivity index (χ4v) is 2.65. The molecule has 150 valence electrons. The standard InChI is InChI=1S/C18H19ClFN3O5/c1-11-16(17(19)23(22-11)13-7-5-12(20)6-8-13)18(26)28-10-14(24)21-9-3-4-15(25)27-2/h5-8H,3-4,9-10H2,1-2H3,(H,21,24). The number of aryl methyl sites for hydroxylation is 1. The molecule has 0 unspecified atom stereocenters. The molecule has 1 N–H and O–H groups in total. The SMILES string of the molecule is COC(=O)CCCNC(=O)COC(=O)c1c(C)nn(-c2ccc(F)cc2)c1Cl. The van der Waals surface area contributed by atoms with Gasteiger partial charge in [0.2, 0.25) is 0 Å². The zero-order chi connectivity index (χ0) is 20.7. The molecule has 28 heavy (non-hydrogen) atoms. The van der Waals surface area contributed by atoms with Gasteiger partial charge in [0.05, 0.1) is 18.5 Å². The number of methoxy groups -OCH3 is 1. The first-order valence-electron chi connectivity index (χ1n) is 8.35. The summed E-state index contributed by atoms with van der Waals surface area (Å²) in [5.41, 5.74) is 0.791. The van der Waals surface area contributed by atoms with Crippen LogP contribution < -0.4 is 5.32 Å². The zero-order valence-corrected chi connectivity index (χ0v) is 16.1. The highest BCUT2D eigenvalue weighted by Gasteiger charge is 2.23. The molecule has 0 saturated heterocycles. The van der Waals surface area contributed by atoms with E-state index in [1.807, 2.05) is 0 Å². The van der Waals surface area contributed by atoms with Gasteiger partial charge in [0.25, 0.3) is 5.91 Å². The lowest BCUT2D eigenvalue weighted by atomic mass is 10.2. The monoisotopic (exact) mass is 411 g/mol. The van der Waals surface area contributed by atoms with E-state index >= 15 is 0 Å². The molecular weight excluding hydrogens is 393 g/mol. The van der Waals surface area contributed by atoms with Crippen molar-refractivity contribution in [3.8, 4) is 5.69 Å². The van der Waals surface area contributed by atoms with E-state index in [0.717, 1.165) is 0 Å². The van der Waals surface area contributed by atoms with Crippen molar-refractivity contribution >= 4 is 29.4 Å². The number of hydrogen-bond donors (Lipinski definition) is 1. The Hall–Kier alpha value is -2.94. The Bertz CT molecular complexity index is 867. The van der Waals surface area contributed by atoms with Crippen LogP contribution >= 0.6 is 11.6 Å². The van der Waals surface area contributed by atoms with Gasteiger partial charge >= 0.3 is 11.9 Å². The predicted octanol–water partition coefficient (Wildman–Crippen LogP) is 2.20. The number of nitrogens with one attached hydrogen (secondary N) is 1. The lowest BCUT2D eigenvalue weighted by molar-refractivity contribution is -0.140. The Morgan fingerprint density at radius 3 is 2.57 bits per heavy atom. The van der Waals surface area contributed by atoms with Gasteiger partial charge in [-0.3, -0.25) is 9.59 Å². The van der Waals surface area contributed by atoms with E-state index in [-0.39, 0.29) is 29.7 Å². The van der Waals surface area contributed by atoms with E-state index in [1.54, 1.807) is 6.92 Å². The molecule has 0 bridgehead atoms. The number of rotatable bonds is 8. The van der Waals surface area contributed by atoms with Crippen LogP contribution in [0.4, 0.5) is 4.39 Å². The lowest BCUT2D eigenvalue weighted by Gasteiger charge is -2.06. The van der Waals surface area contributed by atoms with Crippen LogP contribution in [0.25, 0.3) is 5.69 Å². The highest BCUT2D eigenvalue weighted by molar-refractivity contribution is 6.33. The Balaban J connectivity index is 1.93. The second-order valence-corrected chi connectivity index (χ2v) is 6.10. The summed E-state index contributed by atoms with van der Waals surface area (Å²) >= 11 is 6.22. The van der Waals surface area contributed by atoms with Gasteiger partial charge in [0.1, 0.15) is 16.5 Å². The molecule has 0 saturated carbocycles.